The third-order valence-corrected chi connectivity index (χ3v) is 4.75. The Bertz CT molecular complexity index is 517. The average Bonchev–Trinajstić information content (AvgIpc) is 2.70. The summed E-state index contributed by atoms with van der Waals surface area (Å²) < 4.78 is 0. The molecular weight excluding hydrogens is 238 g/mol. The van der Waals surface area contributed by atoms with Crippen molar-refractivity contribution in [2.45, 2.75) is 51.0 Å². The fourth-order valence-corrected chi connectivity index (χ4v) is 3.17. The van der Waals surface area contributed by atoms with E-state index in [1.54, 1.807) is 0 Å². The molecule has 3 rings (SSSR count). The fraction of sp³-hybridized carbons (Fsp3) is 0.562. The van der Waals surface area contributed by atoms with Crippen LogP contribution in [-0.4, -0.2) is 23.7 Å². The second-order valence-corrected chi connectivity index (χ2v) is 6.27. The molecule has 0 aromatic heterocycles. The number of benzene rings is 1. The maximum atomic E-state index is 11.6. The molecule has 1 fully saturated rings. The molecule has 0 spiro atoms. The Balaban J connectivity index is 2.07. The quantitative estimate of drug-likeness (QED) is 0.907. The van der Waals surface area contributed by atoms with Crippen LogP contribution >= 0.6 is 0 Å². The van der Waals surface area contributed by atoms with Gasteiger partial charge in [-0.05, 0) is 50.7 Å². The van der Waals surface area contributed by atoms with Crippen molar-refractivity contribution < 1.29 is 9.90 Å². The summed E-state index contributed by atoms with van der Waals surface area (Å²) in [7, 11) is 0. The number of carboxylic acid groups (broad SMARTS) is 1. The molecule has 0 unspecified atom stereocenters. The highest BCUT2D eigenvalue weighted by Crippen LogP contribution is 2.42. The topological polar surface area (TPSA) is 40.5 Å². The van der Waals surface area contributed by atoms with Crippen molar-refractivity contribution in [3.05, 3.63) is 29.3 Å². The highest BCUT2D eigenvalue weighted by Gasteiger charge is 2.38. The molecule has 1 aromatic carbocycles. The first kappa shape index (κ1) is 12.5. The molecule has 1 aromatic rings. The van der Waals surface area contributed by atoms with Crippen LogP contribution in [-0.2, 0) is 16.6 Å². The number of rotatable bonds is 3. The zero-order valence-electron chi connectivity index (χ0n) is 11.6. The van der Waals surface area contributed by atoms with Crippen molar-refractivity contribution in [1.82, 2.24) is 0 Å². The maximum absolute atomic E-state index is 11.6. The minimum absolute atomic E-state index is 0.631. The largest absolute Gasteiger partial charge is 0.481 e. The van der Waals surface area contributed by atoms with E-state index in [-0.39, 0.29) is 0 Å². The first-order valence-corrected chi connectivity index (χ1v) is 7.14. The van der Waals surface area contributed by atoms with Gasteiger partial charge in [-0.25, -0.2) is 0 Å². The first-order chi connectivity index (χ1) is 9.01. The van der Waals surface area contributed by atoms with Gasteiger partial charge >= 0.3 is 5.97 Å². The molecule has 3 heteroatoms. The van der Waals surface area contributed by atoms with Crippen molar-refractivity contribution in [2.24, 2.45) is 0 Å². The molecule has 2 aliphatic rings. The second-order valence-electron chi connectivity index (χ2n) is 6.27. The fourth-order valence-electron chi connectivity index (χ4n) is 3.17. The van der Waals surface area contributed by atoms with Gasteiger partial charge in [-0.3, -0.25) is 4.79 Å². The third-order valence-electron chi connectivity index (χ3n) is 4.75. The summed E-state index contributed by atoms with van der Waals surface area (Å²) in [6.07, 6.45) is 4.86. The Kier molecular flexibility index (Phi) is 2.80. The standard InChI is InChI=1S/C16H21NO2/c1-16(2,15(18)19)13-8-3-5-11-9-10-17(14(11)13)12-6-4-7-12/h3,5,8,12H,4,6-7,9-10H2,1-2H3,(H,18,19). The Morgan fingerprint density at radius 3 is 2.68 bits per heavy atom. The zero-order valence-corrected chi connectivity index (χ0v) is 11.6. The number of hydrogen-bond acceptors (Lipinski definition) is 2. The number of nitrogens with zero attached hydrogens (tertiary/aromatic N) is 1. The van der Waals surface area contributed by atoms with Gasteiger partial charge in [-0.2, -0.15) is 0 Å². The third kappa shape index (κ3) is 1.83. The van der Waals surface area contributed by atoms with Crippen LogP contribution in [0.2, 0.25) is 0 Å². The van der Waals surface area contributed by atoms with Gasteiger partial charge in [0.2, 0.25) is 0 Å². The number of carbonyl (C=O) groups is 1. The molecule has 1 heterocycles. The maximum Gasteiger partial charge on any atom is 0.313 e. The Morgan fingerprint density at radius 2 is 2.11 bits per heavy atom. The van der Waals surface area contributed by atoms with Gasteiger partial charge < -0.3 is 10.0 Å². The van der Waals surface area contributed by atoms with Crippen molar-refractivity contribution >= 4 is 11.7 Å². The molecule has 1 aliphatic heterocycles. The van der Waals surface area contributed by atoms with E-state index in [9.17, 15) is 9.90 Å². The van der Waals surface area contributed by atoms with Crippen LogP contribution in [0.15, 0.2) is 18.2 Å². The van der Waals surface area contributed by atoms with Crippen molar-refractivity contribution in [1.29, 1.82) is 0 Å². The number of anilines is 1. The predicted molar refractivity (Wildman–Crippen MR) is 75.8 cm³/mol. The van der Waals surface area contributed by atoms with E-state index in [4.69, 9.17) is 0 Å². The van der Waals surface area contributed by atoms with Crippen molar-refractivity contribution in [3.8, 4) is 0 Å². The molecular formula is C16H21NO2. The monoisotopic (exact) mass is 259 g/mol. The van der Waals surface area contributed by atoms with E-state index < -0.39 is 11.4 Å². The SMILES string of the molecule is CC(C)(C(=O)O)c1cccc2c1N(C1CCC1)CC2. The lowest BCUT2D eigenvalue weighted by Gasteiger charge is -2.39. The molecule has 0 radical (unpaired) electrons. The van der Waals surface area contributed by atoms with Gasteiger partial charge in [0.05, 0.1) is 5.41 Å². The predicted octanol–water partition coefficient (Wildman–Crippen LogP) is 2.96. The van der Waals surface area contributed by atoms with Crippen LogP contribution in [0.3, 0.4) is 0 Å². The second kappa shape index (κ2) is 4.26. The summed E-state index contributed by atoms with van der Waals surface area (Å²) >= 11 is 0. The van der Waals surface area contributed by atoms with Gasteiger partial charge in [0.1, 0.15) is 0 Å². The molecule has 1 N–H and O–H groups in total. The molecule has 1 saturated carbocycles. The van der Waals surface area contributed by atoms with Gasteiger partial charge in [0, 0.05) is 18.3 Å². The van der Waals surface area contributed by atoms with E-state index in [2.05, 4.69) is 11.0 Å². The molecule has 0 bridgehead atoms. The Morgan fingerprint density at radius 1 is 1.37 bits per heavy atom. The van der Waals surface area contributed by atoms with Crippen LogP contribution in [0.1, 0.15) is 44.2 Å². The van der Waals surface area contributed by atoms with Crippen LogP contribution in [0, 0.1) is 0 Å². The van der Waals surface area contributed by atoms with Crippen LogP contribution in [0.5, 0.6) is 0 Å². The van der Waals surface area contributed by atoms with Crippen LogP contribution < -0.4 is 4.90 Å². The number of carboxylic acids is 1. The van der Waals surface area contributed by atoms with E-state index in [1.165, 1.54) is 30.5 Å². The lowest BCUT2D eigenvalue weighted by atomic mass is 9.82. The molecule has 102 valence electrons. The van der Waals surface area contributed by atoms with Crippen LogP contribution in [0.25, 0.3) is 0 Å². The van der Waals surface area contributed by atoms with E-state index in [0.29, 0.717) is 6.04 Å². The van der Waals surface area contributed by atoms with Crippen LogP contribution in [0.4, 0.5) is 5.69 Å². The number of para-hydroxylation sites is 1. The minimum atomic E-state index is -0.822. The molecule has 0 amide bonds. The lowest BCUT2D eigenvalue weighted by molar-refractivity contribution is -0.142. The smallest absolute Gasteiger partial charge is 0.313 e. The van der Waals surface area contributed by atoms with E-state index >= 15 is 0 Å². The van der Waals surface area contributed by atoms with E-state index in [0.717, 1.165) is 18.5 Å². The number of aliphatic carboxylic acids is 1. The summed E-state index contributed by atoms with van der Waals surface area (Å²) in [6, 6.07) is 6.77. The van der Waals surface area contributed by atoms with E-state index in [1.807, 2.05) is 26.0 Å². The van der Waals surface area contributed by atoms with Gasteiger partial charge in [-0.1, -0.05) is 18.2 Å². The molecule has 19 heavy (non-hydrogen) atoms. The summed E-state index contributed by atoms with van der Waals surface area (Å²) in [4.78, 5) is 14.0. The molecule has 0 atom stereocenters. The highest BCUT2D eigenvalue weighted by molar-refractivity contribution is 5.84. The Hall–Kier alpha value is -1.51. The summed E-state index contributed by atoms with van der Waals surface area (Å²) in [6.45, 7) is 4.66. The minimum Gasteiger partial charge on any atom is -0.481 e. The normalized spacial score (nSPS) is 19.2. The number of fused-ring (bicyclic) bond motifs is 1. The molecule has 0 saturated heterocycles. The Labute approximate surface area is 114 Å². The van der Waals surface area contributed by atoms with Gasteiger partial charge in [-0.15, -0.1) is 0 Å². The highest BCUT2D eigenvalue weighted by atomic mass is 16.4. The van der Waals surface area contributed by atoms with Gasteiger partial charge in [0.25, 0.3) is 0 Å². The summed E-state index contributed by atoms with van der Waals surface area (Å²) in [5.74, 6) is -0.749. The van der Waals surface area contributed by atoms with Gasteiger partial charge in [0.15, 0.2) is 0 Å². The average molecular weight is 259 g/mol. The zero-order chi connectivity index (χ0) is 13.6. The molecule has 3 nitrogen and oxygen atoms in total. The summed E-state index contributed by atoms with van der Waals surface area (Å²) in [5, 5.41) is 9.50. The first-order valence-electron chi connectivity index (χ1n) is 7.14. The van der Waals surface area contributed by atoms with Crippen molar-refractivity contribution in [2.75, 3.05) is 11.4 Å². The number of hydrogen-bond donors (Lipinski definition) is 1. The molecule has 1 aliphatic carbocycles. The lowest BCUT2D eigenvalue weighted by Crippen LogP contribution is -2.41. The van der Waals surface area contributed by atoms with Crippen molar-refractivity contribution in [3.63, 3.8) is 0 Å². The summed E-state index contributed by atoms with van der Waals surface area (Å²) in [5.41, 5.74) is 2.68.